The van der Waals surface area contributed by atoms with Gasteiger partial charge in [0.15, 0.2) is 5.11 Å². The average molecular weight is 530 g/mol. The van der Waals surface area contributed by atoms with Crippen LogP contribution in [0.4, 0.5) is 17.1 Å². The summed E-state index contributed by atoms with van der Waals surface area (Å²) < 4.78 is 1.94. The van der Waals surface area contributed by atoms with Gasteiger partial charge in [-0.1, -0.05) is 37.1 Å². The Bertz CT molecular complexity index is 1380. The predicted molar refractivity (Wildman–Crippen MR) is 158 cm³/mol. The SMILES string of the molecule is CCCCNC(=O)c1ccc(N2CC3CC(C2)c2cccc(=O)n2C3)c(NC(=S)Nc2ccc(C)cc2)c1. The molecule has 2 atom stereocenters. The molecule has 2 aliphatic rings. The first-order valence-electron chi connectivity index (χ1n) is 13.4. The molecular weight excluding hydrogens is 494 g/mol. The number of hydrogen-bond acceptors (Lipinski definition) is 4. The number of piperidine rings is 1. The lowest BCUT2D eigenvalue weighted by atomic mass is 9.83. The summed E-state index contributed by atoms with van der Waals surface area (Å²) in [5.41, 5.74) is 5.67. The molecule has 0 saturated carbocycles. The predicted octanol–water partition coefficient (Wildman–Crippen LogP) is 5.12. The van der Waals surface area contributed by atoms with Crippen molar-refractivity contribution in [2.45, 2.75) is 45.6 Å². The Balaban J connectivity index is 1.41. The van der Waals surface area contributed by atoms with Crippen molar-refractivity contribution in [2.24, 2.45) is 5.92 Å². The first kappa shape index (κ1) is 26.0. The average Bonchev–Trinajstić information content (AvgIpc) is 2.90. The molecule has 2 aliphatic heterocycles. The van der Waals surface area contributed by atoms with Gasteiger partial charge < -0.3 is 25.4 Å². The maximum Gasteiger partial charge on any atom is 0.251 e. The molecule has 0 radical (unpaired) electrons. The topological polar surface area (TPSA) is 78.4 Å². The number of aryl methyl sites for hydroxylation is 1. The minimum absolute atomic E-state index is 0.0824. The molecule has 2 unspecified atom stereocenters. The number of carbonyl (C=O) groups excluding carboxylic acids is 1. The molecule has 1 amide bonds. The van der Waals surface area contributed by atoms with Crippen LogP contribution >= 0.6 is 12.2 Å². The van der Waals surface area contributed by atoms with Crippen molar-refractivity contribution in [1.82, 2.24) is 9.88 Å². The largest absolute Gasteiger partial charge is 0.369 e. The first-order chi connectivity index (χ1) is 18.4. The highest BCUT2D eigenvalue weighted by atomic mass is 32.1. The molecule has 1 saturated heterocycles. The number of nitrogens with one attached hydrogen (secondary N) is 3. The number of nitrogens with zero attached hydrogens (tertiary/aromatic N) is 2. The summed E-state index contributed by atoms with van der Waals surface area (Å²) in [4.78, 5) is 27.7. The van der Waals surface area contributed by atoms with Crippen molar-refractivity contribution < 1.29 is 4.79 Å². The van der Waals surface area contributed by atoms with E-state index in [1.807, 2.05) is 60.0 Å². The van der Waals surface area contributed by atoms with E-state index in [4.69, 9.17) is 12.2 Å². The fourth-order valence-electron chi connectivity index (χ4n) is 5.55. The number of thiocarbonyl (C=S) groups is 1. The third kappa shape index (κ3) is 5.75. The van der Waals surface area contributed by atoms with Crippen LogP contribution in [-0.2, 0) is 6.54 Å². The molecular formula is C30H35N5O2S. The van der Waals surface area contributed by atoms with Crippen LogP contribution in [0.15, 0.2) is 65.5 Å². The maximum absolute atomic E-state index is 12.9. The van der Waals surface area contributed by atoms with Crippen LogP contribution in [0.1, 0.15) is 53.7 Å². The van der Waals surface area contributed by atoms with Gasteiger partial charge in [0.25, 0.3) is 11.5 Å². The standard InChI is InChI=1S/C30H35N5O2S/c1-3-4-14-31-29(37)22-10-13-27(25(16-22)33-30(38)32-24-11-8-20(2)9-12-24)34-17-21-15-23(19-34)26-6-5-7-28(36)35(26)18-21/h5-13,16,21,23H,3-4,14-15,17-19H2,1-2H3,(H,31,37)(H2,32,33,38). The van der Waals surface area contributed by atoms with Gasteiger partial charge in [-0.15, -0.1) is 0 Å². The molecule has 38 heavy (non-hydrogen) atoms. The number of benzene rings is 2. The molecule has 1 aromatic heterocycles. The van der Waals surface area contributed by atoms with Gasteiger partial charge >= 0.3 is 0 Å². The molecule has 3 heterocycles. The zero-order valence-electron chi connectivity index (χ0n) is 22.0. The number of fused-ring (bicyclic) bond motifs is 4. The number of anilines is 3. The number of hydrogen-bond donors (Lipinski definition) is 3. The molecule has 2 aromatic carbocycles. The minimum atomic E-state index is -0.0886. The number of rotatable bonds is 7. The van der Waals surface area contributed by atoms with Crippen molar-refractivity contribution in [2.75, 3.05) is 35.2 Å². The van der Waals surface area contributed by atoms with Gasteiger partial charge in [-0.05, 0) is 74.3 Å². The van der Waals surface area contributed by atoms with Crippen molar-refractivity contribution in [1.29, 1.82) is 0 Å². The highest BCUT2D eigenvalue weighted by Crippen LogP contribution is 2.39. The van der Waals surface area contributed by atoms with Crippen LogP contribution < -0.4 is 26.4 Å². The molecule has 3 aromatic rings. The van der Waals surface area contributed by atoms with Gasteiger partial charge in [-0.3, -0.25) is 9.59 Å². The van der Waals surface area contributed by atoms with Crippen LogP contribution in [0.5, 0.6) is 0 Å². The molecule has 1 fully saturated rings. The molecule has 198 valence electrons. The number of carbonyl (C=O) groups is 1. The van der Waals surface area contributed by atoms with E-state index in [-0.39, 0.29) is 17.4 Å². The number of pyridine rings is 1. The van der Waals surface area contributed by atoms with E-state index >= 15 is 0 Å². The van der Waals surface area contributed by atoms with E-state index in [9.17, 15) is 9.59 Å². The van der Waals surface area contributed by atoms with Crippen LogP contribution in [0.3, 0.4) is 0 Å². The summed E-state index contributed by atoms with van der Waals surface area (Å²) in [5.74, 6) is 0.567. The molecule has 7 nitrogen and oxygen atoms in total. The van der Waals surface area contributed by atoms with Gasteiger partial charge in [-0.2, -0.15) is 0 Å². The zero-order valence-corrected chi connectivity index (χ0v) is 22.8. The summed E-state index contributed by atoms with van der Waals surface area (Å²) >= 11 is 5.67. The number of unbranched alkanes of at least 4 members (excludes halogenated alkanes) is 1. The van der Waals surface area contributed by atoms with Crippen LogP contribution in [-0.4, -0.2) is 35.2 Å². The van der Waals surface area contributed by atoms with Crippen molar-refractivity contribution in [3.8, 4) is 0 Å². The lowest BCUT2D eigenvalue weighted by Gasteiger charge is -2.44. The highest BCUT2D eigenvalue weighted by molar-refractivity contribution is 7.80. The van der Waals surface area contributed by atoms with E-state index in [1.54, 1.807) is 6.07 Å². The molecule has 5 rings (SSSR count). The summed E-state index contributed by atoms with van der Waals surface area (Å²) in [6.07, 6.45) is 3.05. The molecule has 2 bridgehead atoms. The van der Waals surface area contributed by atoms with E-state index < -0.39 is 0 Å². The Morgan fingerprint density at radius 3 is 2.63 bits per heavy atom. The minimum Gasteiger partial charge on any atom is -0.369 e. The lowest BCUT2D eigenvalue weighted by molar-refractivity contribution is 0.0953. The Morgan fingerprint density at radius 2 is 1.84 bits per heavy atom. The second kappa shape index (κ2) is 11.4. The van der Waals surface area contributed by atoms with Crippen LogP contribution in [0.2, 0.25) is 0 Å². The fourth-order valence-corrected chi connectivity index (χ4v) is 5.78. The molecule has 3 N–H and O–H groups in total. The molecule has 0 spiro atoms. The fraction of sp³-hybridized carbons (Fsp3) is 0.367. The first-order valence-corrected chi connectivity index (χ1v) is 13.8. The molecule has 0 aliphatic carbocycles. The van der Waals surface area contributed by atoms with Gasteiger partial charge in [-0.25, -0.2) is 0 Å². The Hall–Kier alpha value is -3.65. The number of amides is 1. The van der Waals surface area contributed by atoms with Gasteiger partial charge in [0.2, 0.25) is 0 Å². The van der Waals surface area contributed by atoms with Gasteiger partial charge in [0.05, 0.1) is 11.4 Å². The smallest absolute Gasteiger partial charge is 0.251 e. The third-order valence-corrected chi connectivity index (χ3v) is 7.66. The summed E-state index contributed by atoms with van der Waals surface area (Å²) in [5, 5.41) is 10.1. The highest BCUT2D eigenvalue weighted by Gasteiger charge is 2.35. The van der Waals surface area contributed by atoms with E-state index in [0.717, 1.165) is 61.7 Å². The molecule has 8 heteroatoms. The third-order valence-electron chi connectivity index (χ3n) is 7.45. The van der Waals surface area contributed by atoms with Crippen molar-refractivity contribution in [3.05, 3.63) is 87.8 Å². The van der Waals surface area contributed by atoms with Crippen molar-refractivity contribution in [3.63, 3.8) is 0 Å². The van der Waals surface area contributed by atoms with Gasteiger partial charge in [0, 0.05) is 55.1 Å². The zero-order chi connectivity index (χ0) is 26.6. The maximum atomic E-state index is 12.9. The quantitative estimate of drug-likeness (QED) is 0.291. The summed E-state index contributed by atoms with van der Waals surface area (Å²) in [7, 11) is 0. The Labute approximate surface area is 229 Å². The number of aromatic nitrogens is 1. The van der Waals surface area contributed by atoms with Crippen molar-refractivity contribution >= 4 is 40.3 Å². The summed E-state index contributed by atoms with van der Waals surface area (Å²) in [6.45, 7) is 7.18. The summed E-state index contributed by atoms with van der Waals surface area (Å²) in [6, 6.07) is 19.4. The van der Waals surface area contributed by atoms with Gasteiger partial charge in [0.1, 0.15) is 0 Å². The Morgan fingerprint density at radius 1 is 1.03 bits per heavy atom. The van der Waals surface area contributed by atoms with E-state index in [1.165, 1.54) is 5.56 Å². The Kier molecular flexibility index (Phi) is 7.79. The van der Waals surface area contributed by atoms with E-state index in [2.05, 4.69) is 33.8 Å². The lowest BCUT2D eigenvalue weighted by Crippen LogP contribution is -2.47. The van der Waals surface area contributed by atoms with E-state index in [0.29, 0.717) is 23.1 Å². The second-order valence-corrected chi connectivity index (χ2v) is 10.8. The normalized spacial score (nSPS) is 17.9. The monoisotopic (exact) mass is 529 g/mol. The second-order valence-electron chi connectivity index (χ2n) is 10.4. The van der Waals surface area contributed by atoms with Crippen LogP contribution in [0.25, 0.3) is 0 Å². The van der Waals surface area contributed by atoms with Crippen LogP contribution in [0, 0.1) is 12.8 Å².